The molecule has 1 aliphatic heterocycles. The highest BCUT2D eigenvalue weighted by Gasteiger charge is 2.54. The van der Waals surface area contributed by atoms with Crippen LogP contribution < -0.4 is 10.6 Å². The van der Waals surface area contributed by atoms with E-state index in [1.54, 1.807) is 0 Å². The fraction of sp³-hybridized carbons (Fsp3) is 0.375. The van der Waals surface area contributed by atoms with E-state index in [1.165, 1.54) is 0 Å². The van der Waals surface area contributed by atoms with Crippen LogP contribution in [0.5, 0.6) is 0 Å². The van der Waals surface area contributed by atoms with Crippen LogP contribution >= 0.6 is 0 Å². The lowest BCUT2D eigenvalue weighted by Gasteiger charge is -2.33. The first-order chi connectivity index (χ1) is 14.2. The van der Waals surface area contributed by atoms with Crippen molar-refractivity contribution in [2.75, 3.05) is 11.9 Å². The number of nitrogens with one attached hydrogen (secondary N) is 2. The molecule has 1 unspecified atom stereocenters. The van der Waals surface area contributed by atoms with Gasteiger partial charge in [0, 0.05) is 5.69 Å². The molecule has 1 fully saturated rings. The van der Waals surface area contributed by atoms with Gasteiger partial charge < -0.3 is 10.6 Å². The van der Waals surface area contributed by atoms with E-state index in [2.05, 4.69) is 31.4 Å². The zero-order chi connectivity index (χ0) is 21.5. The molecule has 0 saturated carbocycles. The smallest absolute Gasteiger partial charge is 0.325 e. The Balaban J connectivity index is 1.49. The molecule has 2 aromatic rings. The number of amides is 4. The van der Waals surface area contributed by atoms with Crippen molar-refractivity contribution in [3.63, 3.8) is 0 Å². The molecule has 2 aromatic carbocycles. The van der Waals surface area contributed by atoms with Crippen LogP contribution in [0.3, 0.4) is 0 Å². The number of nitrogens with zero attached hydrogens (tertiary/aromatic N) is 1. The molecular formula is C24H27N3O3. The Morgan fingerprint density at radius 1 is 1.10 bits per heavy atom. The molecule has 6 nitrogen and oxygen atoms in total. The Morgan fingerprint density at radius 3 is 2.50 bits per heavy atom. The van der Waals surface area contributed by atoms with E-state index in [0.29, 0.717) is 12.1 Å². The van der Waals surface area contributed by atoms with Gasteiger partial charge in [0.25, 0.3) is 5.91 Å². The van der Waals surface area contributed by atoms with E-state index in [9.17, 15) is 14.4 Å². The molecule has 4 amide bonds. The van der Waals surface area contributed by atoms with Gasteiger partial charge in [0.2, 0.25) is 5.91 Å². The number of rotatable bonds is 3. The molecular weight excluding hydrogens is 378 g/mol. The number of imide groups is 1. The molecule has 1 aliphatic carbocycles. The number of carbonyl (C=O) groups excluding carboxylic acids is 3. The van der Waals surface area contributed by atoms with E-state index in [-0.39, 0.29) is 17.9 Å². The summed E-state index contributed by atoms with van der Waals surface area (Å²) in [6.07, 6.45) is 2.23. The van der Waals surface area contributed by atoms with Gasteiger partial charge in [-0.25, -0.2) is 4.79 Å². The van der Waals surface area contributed by atoms with E-state index in [1.807, 2.05) is 48.5 Å². The van der Waals surface area contributed by atoms with Crippen molar-refractivity contribution >= 4 is 23.5 Å². The van der Waals surface area contributed by atoms with Gasteiger partial charge in [-0.15, -0.1) is 0 Å². The third kappa shape index (κ3) is 3.47. The molecule has 0 aromatic heterocycles. The molecule has 2 N–H and O–H groups in total. The summed E-state index contributed by atoms with van der Waals surface area (Å²) in [6.45, 7) is 6.06. The second kappa shape index (κ2) is 7.27. The van der Waals surface area contributed by atoms with E-state index >= 15 is 0 Å². The Hall–Kier alpha value is -3.15. The van der Waals surface area contributed by atoms with Crippen molar-refractivity contribution in [3.8, 4) is 0 Å². The molecule has 1 atom stereocenters. The highest BCUT2D eigenvalue weighted by Crippen LogP contribution is 2.39. The minimum Gasteiger partial charge on any atom is -0.325 e. The van der Waals surface area contributed by atoms with Crippen LogP contribution in [-0.4, -0.2) is 29.3 Å². The molecule has 2 aliphatic rings. The van der Waals surface area contributed by atoms with Crippen molar-refractivity contribution in [1.82, 2.24) is 10.2 Å². The van der Waals surface area contributed by atoms with Crippen LogP contribution in [-0.2, 0) is 27.0 Å². The summed E-state index contributed by atoms with van der Waals surface area (Å²) in [5.74, 6) is -0.749. The standard InChI is InChI=1S/C24H27N3O3/c1-23(2,3)17-10-12-18(13-11-17)25-20(28)15-27-21(29)24(26-22(27)30)14-6-8-16-7-4-5-9-19(16)24/h4-5,7,9-13H,6,8,14-15H2,1-3H3,(H,25,28)(H,26,30). The summed E-state index contributed by atoms with van der Waals surface area (Å²) in [4.78, 5) is 39.5. The number of aryl methyl sites for hydroxylation is 1. The number of urea groups is 1. The van der Waals surface area contributed by atoms with Crippen molar-refractivity contribution < 1.29 is 14.4 Å². The van der Waals surface area contributed by atoms with Crippen molar-refractivity contribution in [3.05, 3.63) is 65.2 Å². The third-order valence-electron chi connectivity index (χ3n) is 5.99. The fourth-order valence-corrected chi connectivity index (χ4v) is 4.35. The van der Waals surface area contributed by atoms with E-state index < -0.39 is 17.5 Å². The number of fused-ring (bicyclic) bond motifs is 2. The largest absolute Gasteiger partial charge is 0.325 e. The van der Waals surface area contributed by atoms with Crippen LogP contribution in [0, 0.1) is 0 Å². The van der Waals surface area contributed by atoms with E-state index in [4.69, 9.17) is 0 Å². The molecule has 1 heterocycles. The number of benzene rings is 2. The molecule has 4 rings (SSSR count). The lowest BCUT2D eigenvalue weighted by Crippen LogP contribution is -2.47. The van der Waals surface area contributed by atoms with Gasteiger partial charge in [0.1, 0.15) is 12.1 Å². The summed E-state index contributed by atoms with van der Waals surface area (Å²) < 4.78 is 0. The summed E-state index contributed by atoms with van der Waals surface area (Å²) in [5, 5.41) is 5.66. The van der Waals surface area contributed by atoms with Gasteiger partial charge in [-0.2, -0.15) is 0 Å². The SMILES string of the molecule is CC(C)(C)c1ccc(NC(=O)CN2C(=O)NC3(CCCc4ccccc43)C2=O)cc1. The Kier molecular flexibility index (Phi) is 4.88. The van der Waals surface area contributed by atoms with Crippen molar-refractivity contribution in [2.45, 2.75) is 51.0 Å². The summed E-state index contributed by atoms with van der Waals surface area (Å²) in [7, 11) is 0. The predicted octanol–water partition coefficient (Wildman–Crippen LogP) is 3.71. The number of hydrogen-bond donors (Lipinski definition) is 2. The molecule has 1 saturated heterocycles. The van der Waals surface area contributed by atoms with E-state index in [0.717, 1.165) is 34.4 Å². The quantitative estimate of drug-likeness (QED) is 0.764. The number of carbonyl (C=O) groups is 3. The topological polar surface area (TPSA) is 78.5 Å². The average molecular weight is 405 g/mol. The van der Waals surface area contributed by atoms with Crippen LogP contribution in [0.15, 0.2) is 48.5 Å². The lowest BCUT2D eigenvalue weighted by molar-refractivity contribution is -0.134. The minimum atomic E-state index is -1.05. The minimum absolute atomic E-state index is 0.0210. The zero-order valence-electron chi connectivity index (χ0n) is 17.6. The summed E-state index contributed by atoms with van der Waals surface area (Å²) in [5.41, 5.74) is 2.68. The molecule has 1 spiro atoms. The molecule has 0 bridgehead atoms. The van der Waals surface area contributed by atoms with Gasteiger partial charge in [0.05, 0.1) is 0 Å². The number of hydrogen-bond acceptors (Lipinski definition) is 3. The average Bonchev–Trinajstić information content (AvgIpc) is 2.93. The van der Waals surface area contributed by atoms with Crippen LogP contribution in [0.2, 0.25) is 0 Å². The highest BCUT2D eigenvalue weighted by molar-refractivity contribution is 6.10. The first kappa shape index (κ1) is 20.1. The second-order valence-electron chi connectivity index (χ2n) is 9.11. The second-order valence-corrected chi connectivity index (χ2v) is 9.11. The lowest BCUT2D eigenvalue weighted by atomic mass is 9.76. The molecule has 30 heavy (non-hydrogen) atoms. The maximum atomic E-state index is 13.3. The highest BCUT2D eigenvalue weighted by atomic mass is 16.2. The molecule has 6 heteroatoms. The first-order valence-electron chi connectivity index (χ1n) is 10.3. The maximum absolute atomic E-state index is 13.3. The van der Waals surface area contributed by atoms with Gasteiger partial charge >= 0.3 is 6.03 Å². The third-order valence-corrected chi connectivity index (χ3v) is 5.99. The first-order valence-corrected chi connectivity index (χ1v) is 10.3. The summed E-state index contributed by atoms with van der Waals surface area (Å²) >= 11 is 0. The van der Waals surface area contributed by atoms with Crippen molar-refractivity contribution in [1.29, 1.82) is 0 Å². The van der Waals surface area contributed by atoms with Gasteiger partial charge in [-0.3, -0.25) is 14.5 Å². The Bertz CT molecular complexity index is 1010. The Morgan fingerprint density at radius 2 is 1.80 bits per heavy atom. The molecule has 0 radical (unpaired) electrons. The Labute approximate surface area is 176 Å². The fourth-order valence-electron chi connectivity index (χ4n) is 4.35. The maximum Gasteiger partial charge on any atom is 0.325 e. The summed E-state index contributed by atoms with van der Waals surface area (Å²) in [6, 6.07) is 14.8. The van der Waals surface area contributed by atoms with Crippen LogP contribution in [0.1, 0.15) is 50.3 Å². The zero-order valence-corrected chi connectivity index (χ0v) is 17.6. The van der Waals surface area contributed by atoms with Crippen molar-refractivity contribution in [2.24, 2.45) is 0 Å². The molecule has 156 valence electrons. The van der Waals surface area contributed by atoms with Gasteiger partial charge in [-0.1, -0.05) is 57.2 Å². The predicted molar refractivity (Wildman–Crippen MR) is 115 cm³/mol. The monoisotopic (exact) mass is 405 g/mol. The normalized spacial score (nSPS) is 20.8. The van der Waals surface area contributed by atoms with Gasteiger partial charge in [-0.05, 0) is 53.5 Å². The van der Waals surface area contributed by atoms with Crippen LogP contribution in [0.25, 0.3) is 0 Å². The number of anilines is 1. The van der Waals surface area contributed by atoms with Gasteiger partial charge in [0.15, 0.2) is 0 Å². The van der Waals surface area contributed by atoms with Crippen LogP contribution in [0.4, 0.5) is 10.5 Å².